The van der Waals surface area contributed by atoms with Crippen LogP contribution in [-0.2, 0) is 9.47 Å². The molecule has 0 aromatic carbocycles. The van der Waals surface area contributed by atoms with Crippen LogP contribution < -0.4 is 0 Å². The molecule has 3 aliphatic rings. The third-order valence-corrected chi connectivity index (χ3v) is 5.12. The molecule has 3 rings (SSSR count). The molecule has 2 heteroatoms. The highest BCUT2D eigenvalue weighted by Gasteiger charge is 2.48. The molecule has 1 aliphatic heterocycles. The van der Waals surface area contributed by atoms with Gasteiger partial charge in [0.2, 0.25) is 0 Å². The van der Waals surface area contributed by atoms with E-state index in [1.165, 1.54) is 24.8 Å². The van der Waals surface area contributed by atoms with Crippen molar-refractivity contribution >= 4 is 0 Å². The highest BCUT2D eigenvalue weighted by molar-refractivity contribution is 5.29. The van der Waals surface area contributed by atoms with Crippen molar-refractivity contribution in [2.45, 2.75) is 71.4 Å². The van der Waals surface area contributed by atoms with Gasteiger partial charge in [-0.2, -0.15) is 0 Å². The summed E-state index contributed by atoms with van der Waals surface area (Å²) in [6, 6.07) is 0. The van der Waals surface area contributed by atoms with E-state index >= 15 is 0 Å². The first kappa shape index (κ1) is 13.4. The van der Waals surface area contributed by atoms with Gasteiger partial charge in [0, 0.05) is 5.92 Å². The Bertz CT molecular complexity index is 433. The zero-order chi connectivity index (χ0) is 13.8. The van der Waals surface area contributed by atoms with E-state index < -0.39 is 5.79 Å². The predicted molar refractivity (Wildman–Crippen MR) is 76.8 cm³/mol. The minimum Gasteiger partial charge on any atom is -0.344 e. The Morgan fingerprint density at radius 2 is 2.00 bits per heavy atom. The van der Waals surface area contributed by atoms with Gasteiger partial charge in [-0.1, -0.05) is 30.2 Å². The van der Waals surface area contributed by atoms with E-state index in [1.54, 1.807) is 11.1 Å². The third kappa shape index (κ3) is 2.30. The Hall–Kier alpha value is -0.600. The fourth-order valence-corrected chi connectivity index (χ4v) is 4.07. The zero-order valence-electron chi connectivity index (χ0n) is 12.7. The maximum absolute atomic E-state index is 6.13. The minimum absolute atomic E-state index is 0.248. The Balaban J connectivity index is 1.83. The molecule has 0 radical (unpaired) electrons. The van der Waals surface area contributed by atoms with Crippen LogP contribution in [0.25, 0.3) is 0 Å². The Labute approximate surface area is 116 Å². The number of rotatable bonds is 1. The van der Waals surface area contributed by atoms with Crippen molar-refractivity contribution in [3.8, 4) is 0 Å². The fourth-order valence-electron chi connectivity index (χ4n) is 4.07. The lowest BCUT2D eigenvalue weighted by molar-refractivity contribution is -0.148. The van der Waals surface area contributed by atoms with Crippen LogP contribution in [0.5, 0.6) is 0 Å². The normalized spacial score (nSPS) is 40.8. The van der Waals surface area contributed by atoms with Gasteiger partial charge in [-0.25, -0.2) is 0 Å². The van der Waals surface area contributed by atoms with Gasteiger partial charge in [0.1, 0.15) is 0 Å². The maximum atomic E-state index is 6.13. The molecular weight excluding hydrogens is 236 g/mol. The van der Waals surface area contributed by atoms with Crippen LogP contribution >= 0.6 is 0 Å². The molecule has 2 aliphatic carbocycles. The van der Waals surface area contributed by atoms with E-state index in [2.05, 4.69) is 20.4 Å². The predicted octanol–water partition coefficient (Wildman–Crippen LogP) is 4.22. The second kappa shape index (κ2) is 4.46. The number of allylic oxidation sites excluding steroid dienone is 1. The van der Waals surface area contributed by atoms with Crippen LogP contribution in [0, 0.1) is 11.8 Å². The number of hydrogen-bond acceptors (Lipinski definition) is 2. The molecule has 0 bridgehead atoms. The summed E-state index contributed by atoms with van der Waals surface area (Å²) in [5.41, 5.74) is 4.62. The number of fused-ring (bicyclic) bond motifs is 1. The van der Waals surface area contributed by atoms with Crippen LogP contribution in [0.15, 0.2) is 23.3 Å². The van der Waals surface area contributed by atoms with Crippen LogP contribution in [0.3, 0.4) is 0 Å². The number of hydrogen-bond donors (Lipinski definition) is 0. The summed E-state index contributed by atoms with van der Waals surface area (Å²) in [7, 11) is 0. The third-order valence-electron chi connectivity index (χ3n) is 5.12. The Morgan fingerprint density at radius 1 is 1.26 bits per heavy atom. The quantitative estimate of drug-likeness (QED) is 0.659. The van der Waals surface area contributed by atoms with Gasteiger partial charge in [-0.15, -0.1) is 0 Å². The van der Waals surface area contributed by atoms with E-state index in [0.29, 0.717) is 11.8 Å². The monoisotopic (exact) mass is 262 g/mol. The van der Waals surface area contributed by atoms with Gasteiger partial charge in [-0.05, 0) is 52.4 Å². The lowest BCUT2D eigenvalue weighted by atomic mass is 9.70. The highest BCUT2D eigenvalue weighted by Crippen LogP contribution is 2.48. The standard InChI is InChI=1S/C17H26O2/c1-10(2)12-6-7-13-9-15-16(11(3)14(13)8-12)19-17(4,5)18-15/h11-12,15-16H,1,6-9H2,2-5H3/t11-,12+,15+,16+/m0/s1. The van der Waals surface area contributed by atoms with Crippen molar-refractivity contribution in [3.05, 3.63) is 23.3 Å². The molecular formula is C17H26O2. The van der Waals surface area contributed by atoms with Gasteiger partial charge in [0.15, 0.2) is 5.79 Å². The molecule has 0 aromatic heterocycles. The average Bonchev–Trinajstić information content (AvgIpc) is 2.64. The Morgan fingerprint density at radius 3 is 2.68 bits per heavy atom. The van der Waals surface area contributed by atoms with Crippen LogP contribution in [0.1, 0.15) is 53.4 Å². The van der Waals surface area contributed by atoms with Crippen molar-refractivity contribution in [1.29, 1.82) is 0 Å². The van der Waals surface area contributed by atoms with Crippen molar-refractivity contribution < 1.29 is 9.47 Å². The van der Waals surface area contributed by atoms with Crippen molar-refractivity contribution in [2.24, 2.45) is 11.8 Å². The second-order valence-corrected chi connectivity index (χ2v) is 7.05. The Kier molecular flexibility index (Phi) is 3.14. The van der Waals surface area contributed by atoms with Gasteiger partial charge >= 0.3 is 0 Å². The van der Waals surface area contributed by atoms with Gasteiger partial charge < -0.3 is 9.47 Å². The lowest BCUT2D eigenvalue weighted by Gasteiger charge is -2.38. The van der Waals surface area contributed by atoms with E-state index in [1.807, 2.05) is 13.8 Å². The van der Waals surface area contributed by atoms with Crippen LogP contribution in [-0.4, -0.2) is 18.0 Å². The second-order valence-electron chi connectivity index (χ2n) is 7.05. The molecule has 1 saturated heterocycles. The molecule has 4 atom stereocenters. The van der Waals surface area contributed by atoms with Gasteiger partial charge in [0.25, 0.3) is 0 Å². The molecule has 0 saturated carbocycles. The SMILES string of the molecule is C=C(C)[C@@H]1CCC2=C(C1)[C@H](C)[C@H]1OC(C)(C)O[C@@H]1C2. The van der Waals surface area contributed by atoms with Crippen molar-refractivity contribution in [1.82, 2.24) is 0 Å². The first-order valence-corrected chi connectivity index (χ1v) is 7.59. The molecule has 0 aromatic rings. The molecule has 0 unspecified atom stereocenters. The molecule has 106 valence electrons. The minimum atomic E-state index is -0.411. The lowest BCUT2D eigenvalue weighted by Crippen LogP contribution is -2.37. The molecule has 0 amide bonds. The molecule has 0 N–H and O–H groups in total. The van der Waals surface area contributed by atoms with Gasteiger partial charge in [-0.3, -0.25) is 0 Å². The summed E-state index contributed by atoms with van der Waals surface area (Å²) >= 11 is 0. The molecule has 19 heavy (non-hydrogen) atoms. The smallest absolute Gasteiger partial charge is 0.163 e. The molecule has 1 fully saturated rings. The topological polar surface area (TPSA) is 18.5 Å². The molecule has 1 heterocycles. The van der Waals surface area contributed by atoms with E-state index in [0.717, 1.165) is 6.42 Å². The van der Waals surface area contributed by atoms with E-state index in [9.17, 15) is 0 Å². The summed E-state index contributed by atoms with van der Waals surface area (Å²) in [5, 5.41) is 0. The highest BCUT2D eigenvalue weighted by atomic mass is 16.8. The summed E-state index contributed by atoms with van der Waals surface area (Å²) in [5.74, 6) is 0.761. The largest absolute Gasteiger partial charge is 0.344 e. The van der Waals surface area contributed by atoms with Crippen LogP contribution in [0.4, 0.5) is 0 Å². The summed E-state index contributed by atoms with van der Waals surface area (Å²) in [6.45, 7) is 12.7. The zero-order valence-corrected chi connectivity index (χ0v) is 12.7. The maximum Gasteiger partial charge on any atom is 0.163 e. The van der Waals surface area contributed by atoms with E-state index in [4.69, 9.17) is 9.47 Å². The molecule has 2 nitrogen and oxygen atoms in total. The number of ether oxygens (including phenoxy) is 2. The van der Waals surface area contributed by atoms with Crippen molar-refractivity contribution in [3.63, 3.8) is 0 Å². The van der Waals surface area contributed by atoms with Crippen molar-refractivity contribution in [2.75, 3.05) is 0 Å². The first-order chi connectivity index (χ1) is 8.87. The fraction of sp³-hybridized carbons (Fsp3) is 0.765. The van der Waals surface area contributed by atoms with E-state index in [-0.39, 0.29) is 12.2 Å². The summed E-state index contributed by atoms with van der Waals surface area (Å²) in [6.07, 6.45) is 5.28. The first-order valence-electron chi connectivity index (χ1n) is 7.59. The van der Waals surface area contributed by atoms with Gasteiger partial charge in [0.05, 0.1) is 12.2 Å². The average molecular weight is 262 g/mol. The summed E-state index contributed by atoms with van der Waals surface area (Å²) < 4.78 is 12.2. The van der Waals surface area contributed by atoms with Crippen LogP contribution in [0.2, 0.25) is 0 Å². The molecule has 0 spiro atoms. The summed E-state index contributed by atoms with van der Waals surface area (Å²) in [4.78, 5) is 0.